The van der Waals surface area contributed by atoms with E-state index in [1.807, 2.05) is 6.07 Å². The fourth-order valence-corrected chi connectivity index (χ4v) is 2.27. The molecule has 6 heteroatoms. The molecular weight excluding hydrogens is 292 g/mol. The standard InChI is InChI=1S/C17H16N4O2/c1-12(22)14-5-2-3-6-15(14)20-17(23)16-11-13(7-9-18-16)21-10-4-8-19-21/h2-12,22H,1H3,(H,20,23). The number of amides is 1. The Morgan fingerprint density at radius 1 is 1.22 bits per heavy atom. The van der Waals surface area contributed by atoms with E-state index in [0.29, 0.717) is 11.3 Å². The number of pyridine rings is 1. The second-order valence-electron chi connectivity index (χ2n) is 5.07. The van der Waals surface area contributed by atoms with Crippen LogP contribution in [0.25, 0.3) is 5.69 Å². The summed E-state index contributed by atoms with van der Waals surface area (Å²) in [7, 11) is 0. The van der Waals surface area contributed by atoms with Gasteiger partial charge in [0.05, 0.1) is 11.8 Å². The number of benzene rings is 1. The van der Waals surface area contributed by atoms with Crippen LogP contribution in [0.4, 0.5) is 5.69 Å². The lowest BCUT2D eigenvalue weighted by Gasteiger charge is -2.13. The van der Waals surface area contributed by atoms with Crippen molar-refractivity contribution in [1.29, 1.82) is 0 Å². The maximum absolute atomic E-state index is 12.4. The van der Waals surface area contributed by atoms with Crippen molar-refractivity contribution in [3.8, 4) is 5.69 Å². The molecule has 0 fully saturated rings. The van der Waals surface area contributed by atoms with E-state index in [0.717, 1.165) is 5.69 Å². The minimum atomic E-state index is -0.671. The average Bonchev–Trinajstić information content (AvgIpc) is 3.10. The zero-order valence-corrected chi connectivity index (χ0v) is 12.5. The first-order chi connectivity index (χ1) is 11.1. The first-order valence-electron chi connectivity index (χ1n) is 7.19. The van der Waals surface area contributed by atoms with Crippen molar-refractivity contribution in [2.45, 2.75) is 13.0 Å². The Balaban J connectivity index is 1.86. The second kappa shape index (κ2) is 6.41. The summed E-state index contributed by atoms with van der Waals surface area (Å²) >= 11 is 0. The number of para-hydroxylation sites is 1. The molecule has 1 amide bonds. The summed E-state index contributed by atoms with van der Waals surface area (Å²) in [4.78, 5) is 16.5. The molecule has 2 N–H and O–H groups in total. The van der Waals surface area contributed by atoms with E-state index in [9.17, 15) is 9.90 Å². The third-order valence-electron chi connectivity index (χ3n) is 3.40. The molecule has 0 radical (unpaired) electrons. The van der Waals surface area contributed by atoms with E-state index in [1.165, 1.54) is 0 Å². The monoisotopic (exact) mass is 308 g/mol. The van der Waals surface area contributed by atoms with Crippen LogP contribution in [0, 0.1) is 0 Å². The van der Waals surface area contributed by atoms with Crippen molar-refractivity contribution in [3.63, 3.8) is 0 Å². The molecule has 2 heterocycles. The van der Waals surface area contributed by atoms with Gasteiger partial charge in [-0.25, -0.2) is 4.68 Å². The highest BCUT2D eigenvalue weighted by Crippen LogP contribution is 2.22. The third kappa shape index (κ3) is 3.27. The summed E-state index contributed by atoms with van der Waals surface area (Å²) in [6, 6.07) is 12.4. The summed E-state index contributed by atoms with van der Waals surface area (Å²) in [5, 5.41) is 16.7. The molecule has 0 aliphatic carbocycles. The van der Waals surface area contributed by atoms with Crippen LogP contribution >= 0.6 is 0 Å². The molecule has 116 valence electrons. The number of hydrogen-bond donors (Lipinski definition) is 2. The quantitative estimate of drug-likeness (QED) is 0.776. The zero-order valence-electron chi connectivity index (χ0n) is 12.5. The Hall–Kier alpha value is -2.99. The van der Waals surface area contributed by atoms with Crippen LogP contribution < -0.4 is 5.32 Å². The molecule has 1 unspecified atom stereocenters. The maximum Gasteiger partial charge on any atom is 0.274 e. The lowest BCUT2D eigenvalue weighted by molar-refractivity contribution is 0.102. The number of hydrogen-bond acceptors (Lipinski definition) is 4. The second-order valence-corrected chi connectivity index (χ2v) is 5.07. The van der Waals surface area contributed by atoms with Gasteiger partial charge in [0, 0.05) is 29.8 Å². The molecule has 2 aromatic heterocycles. The van der Waals surface area contributed by atoms with Crippen LogP contribution in [0.15, 0.2) is 61.1 Å². The number of rotatable bonds is 4. The molecule has 0 spiro atoms. The Bertz CT molecular complexity index is 813. The normalized spacial score (nSPS) is 11.9. The van der Waals surface area contributed by atoms with Gasteiger partial charge in [-0.2, -0.15) is 5.10 Å². The van der Waals surface area contributed by atoms with Crippen LogP contribution in [0.2, 0.25) is 0 Å². The van der Waals surface area contributed by atoms with Crippen molar-refractivity contribution >= 4 is 11.6 Å². The molecule has 1 aromatic carbocycles. The number of anilines is 1. The van der Waals surface area contributed by atoms with Crippen molar-refractivity contribution in [1.82, 2.24) is 14.8 Å². The Morgan fingerprint density at radius 2 is 2.04 bits per heavy atom. The first kappa shape index (κ1) is 14.9. The van der Waals surface area contributed by atoms with E-state index in [4.69, 9.17) is 0 Å². The van der Waals surface area contributed by atoms with Gasteiger partial charge in [0.1, 0.15) is 5.69 Å². The van der Waals surface area contributed by atoms with Crippen molar-refractivity contribution in [2.75, 3.05) is 5.32 Å². The van der Waals surface area contributed by atoms with Crippen molar-refractivity contribution in [2.24, 2.45) is 0 Å². The zero-order chi connectivity index (χ0) is 16.2. The number of nitrogens with zero attached hydrogens (tertiary/aromatic N) is 3. The molecule has 0 bridgehead atoms. The van der Waals surface area contributed by atoms with E-state index >= 15 is 0 Å². The predicted molar refractivity (Wildman–Crippen MR) is 86.4 cm³/mol. The summed E-state index contributed by atoms with van der Waals surface area (Å²) in [5.74, 6) is -0.341. The highest BCUT2D eigenvalue weighted by atomic mass is 16.3. The Morgan fingerprint density at radius 3 is 2.78 bits per heavy atom. The number of aliphatic hydroxyl groups is 1. The van der Waals surface area contributed by atoms with Gasteiger partial charge in [0.15, 0.2) is 0 Å². The predicted octanol–water partition coefficient (Wildman–Crippen LogP) is 2.57. The lowest BCUT2D eigenvalue weighted by Crippen LogP contribution is -2.16. The molecular formula is C17H16N4O2. The molecule has 3 rings (SSSR count). The van der Waals surface area contributed by atoms with Gasteiger partial charge in [-0.05, 0) is 31.2 Å². The number of nitrogens with one attached hydrogen (secondary N) is 1. The minimum Gasteiger partial charge on any atom is -0.389 e. The average molecular weight is 308 g/mol. The van der Waals surface area contributed by atoms with Crippen LogP contribution in [0.1, 0.15) is 29.1 Å². The topological polar surface area (TPSA) is 80.0 Å². The smallest absolute Gasteiger partial charge is 0.274 e. The van der Waals surface area contributed by atoms with Crippen LogP contribution in [0.3, 0.4) is 0 Å². The van der Waals surface area contributed by atoms with Crippen molar-refractivity contribution in [3.05, 3.63) is 72.3 Å². The van der Waals surface area contributed by atoms with Gasteiger partial charge in [-0.3, -0.25) is 9.78 Å². The summed E-state index contributed by atoms with van der Waals surface area (Å²) in [6.07, 6.45) is 4.35. The summed E-state index contributed by atoms with van der Waals surface area (Å²) in [5.41, 5.74) is 2.25. The molecule has 23 heavy (non-hydrogen) atoms. The largest absolute Gasteiger partial charge is 0.389 e. The molecule has 0 saturated heterocycles. The number of aromatic nitrogens is 3. The minimum absolute atomic E-state index is 0.276. The first-order valence-corrected chi connectivity index (χ1v) is 7.19. The van der Waals surface area contributed by atoms with Gasteiger partial charge in [0.2, 0.25) is 0 Å². The van der Waals surface area contributed by atoms with Crippen LogP contribution in [-0.4, -0.2) is 25.8 Å². The maximum atomic E-state index is 12.4. The fourth-order valence-electron chi connectivity index (χ4n) is 2.27. The van der Waals surface area contributed by atoms with E-state index < -0.39 is 6.10 Å². The van der Waals surface area contributed by atoms with Gasteiger partial charge >= 0.3 is 0 Å². The van der Waals surface area contributed by atoms with Gasteiger partial charge in [0.25, 0.3) is 5.91 Å². The van der Waals surface area contributed by atoms with E-state index in [-0.39, 0.29) is 11.6 Å². The van der Waals surface area contributed by atoms with Gasteiger partial charge in [-0.15, -0.1) is 0 Å². The lowest BCUT2D eigenvalue weighted by atomic mass is 10.1. The number of carbonyl (C=O) groups is 1. The van der Waals surface area contributed by atoms with Crippen LogP contribution in [-0.2, 0) is 0 Å². The molecule has 0 aliphatic rings. The van der Waals surface area contributed by atoms with Crippen LogP contribution in [0.5, 0.6) is 0 Å². The SMILES string of the molecule is CC(O)c1ccccc1NC(=O)c1cc(-n2cccn2)ccn1. The Labute approximate surface area is 133 Å². The van der Waals surface area contributed by atoms with Gasteiger partial charge < -0.3 is 10.4 Å². The molecule has 3 aromatic rings. The molecule has 0 saturated carbocycles. The number of carbonyl (C=O) groups excluding carboxylic acids is 1. The summed E-state index contributed by atoms with van der Waals surface area (Å²) < 4.78 is 1.65. The van der Waals surface area contributed by atoms with Crippen molar-refractivity contribution < 1.29 is 9.90 Å². The molecule has 1 atom stereocenters. The molecule has 0 aliphatic heterocycles. The van der Waals surface area contributed by atoms with E-state index in [1.54, 1.807) is 66.6 Å². The Kier molecular flexibility index (Phi) is 4.16. The highest BCUT2D eigenvalue weighted by molar-refractivity contribution is 6.03. The fraction of sp³-hybridized carbons (Fsp3) is 0.118. The van der Waals surface area contributed by atoms with E-state index in [2.05, 4.69) is 15.4 Å². The highest BCUT2D eigenvalue weighted by Gasteiger charge is 2.13. The summed E-state index contributed by atoms with van der Waals surface area (Å²) in [6.45, 7) is 1.65. The third-order valence-corrected chi connectivity index (χ3v) is 3.40. The van der Waals surface area contributed by atoms with Gasteiger partial charge in [-0.1, -0.05) is 18.2 Å². The number of aliphatic hydroxyl groups excluding tert-OH is 1. The molecule has 6 nitrogen and oxygen atoms in total.